The third kappa shape index (κ3) is 5.27. The summed E-state index contributed by atoms with van der Waals surface area (Å²) in [4.78, 5) is 24.3. The summed E-state index contributed by atoms with van der Waals surface area (Å²) in [6.07, 6.45) is 0.317. The highest BCUT2D eigenvalue weighted by atomic mass is 16.5. The second kappa shape index (κ2) is 8.16. The first kappa shape index (κ1) is 16.0. The number of nitrogens with one attached hydrogen (secondary N) is 1. The predicted octanol–water partition coefficient (Wildman–Crippen LogP) is 0.232. The molecule has 0 aromatic heterocycles. The molecule has 1 aromatic carbocycles. The number of primary amides is 1. The topological polar surface area (TPSA) is 84.7 Å². The average Bonchev–Trinajstić information content (AvgIpc) is 2.45. The van der Waals surface area contributed by atoms with Gasteiger partial charge >= 0.3 is 0 Å². The van der Waals surface area contributed by atoms with E-state index in [2.05, 4.69) is 5.32 Å². The van der Waals surface area contributed by atoms with Crippen LogP contribution in [-0.2, 0) is 4.79 Å². The van der Waals surface area contributed by atoms with Crippen LogP contribution in [0.2, 0.25) is 0 Å². The fourth-order valence-electron chi connectivity index (χ4n) is 1.57. The van der Waals surface area contributed by atoms with Gasteiger partial charge in [-0.05, 0) is 31.3 Å². The molecule has 0 aliphatic heterocycles. The molecule has 110 valence electrons. The SMILES string of the molecule is CNCCN(C)C(=O)CCOc1ccc(C(N)=O)cc1. The zero-order valence-corrected chi connectivity index (χ0v) is 11.9. The van der Waals surface area contributed by atoms with Gasteiger partial charge < -0.3 is 20.7 Å². The first-order chi connectivity index (χ1) is 9.54. The first-order valence-electron chi connectivity index (χ1n) is 6.46. The summed E-state index contributed by atoms with van der Waals surface area (Å²) >= 11 is 0. The molecule has 0 fully saturated rings. The maximum atomic E-state index is 11.7. The van der Waals surface area contributed by atoms with Gasteiger partial charge in [-0.1, -0.05) is 0 Å². The van der Waals surface area contributed by atoms with Crippen molar-refractivity contribution in [3.63, 3.8) is 0 Å². The second-order valence-corrected chi connectivity index (χ2v) is 4.41. The van der Waals surface area contributed by atoms with E-state index in [1.807, 2.05) is 7.05 Å². The minimum Gasteiger partial charge on any atom is -0.493 e. The van der Waals surface area contributed by atoms with Gasteiger partial charge in [0.2, 0.25) is 11.8 Å². The van der Waals surface area contributed by atoms with E-state index in [9.17, 15) is 9.59 Å². The standard InChI is InChI=1S/C14H21N3O3/c1-16-8-9-17(2)13(18)7-10-20-12-5-3-11(4-6-12)14(15)19/h3-6,16H,7-10H2,1-2H3,(H2,15,19). The lowest BCUT2D eigenvalue weighted by atomic mass is 10.2. The normalized spacial score (nSPS) is 10.1. The molecular weight excluding hydrogens is 258 g/mol. The quantitative estimate of drug-likeness (QED) is 0.713. The van der Waals surface area contributed by atoms with Crippen molar-refractivity contribution in [2.75, 3.05) is 33.8 Å². The molecule has 6 nitrogen and oxygen atoms in total. The van der Waals surface area contributed by atoms with Gasteiger partial charge in [0.25, 0.3) is 0 Å². The van der Waals surface area contributed by atoms with Crippen LogP contribution in [0.5, 0.6) is 5.75 Å². The summed E-state index contributed by atoms with van der Waals surface area (Å²) < 4.78 is 5.45. The Morgan fingerprint density at radius 2 is 1.95 bits per heavy atom. The highest BCUT2D eigenvalue weighted by Gasteiger charge is 2.08. The maximum absolute atomic E-state index is 11.7. The monoisotopic (exact) mass is 279 g/mol. The summed E-state index contributed by atoms with van der Waals surface area (Å²) in [6.45, 7) is 1.74. The molecule has 2 amide bonds. The van der Waals surface area contributed by atoms with E-state index in [1.165, 1.54) is 0 Å². The Morgan fingerprint density at radius 3 is 2.50 bits per heavy atom. The molecule has 0 atom stereocenters. The van der Waals surface area contributed by atoms with E-state index in [4.69, 9.17) is 10.5 Å². The van der Waals surface area contributed by atoms with Crippen molar-refractivity contribution in [3.05, 3.63) is 29.8 Å². The van der Waals surface area contributed by atoms with E-state index in [0.29, 0.717) is 30.9 Å². The number of carbonyl (C=O) groups is 2. The van der Waals surface area contributed by atoms with Crippen LogP contribution in [0.3, 0.4) is 0 Å². The largest absolute Gasteiger partial charge is 0.493 e. The van der Waals surface area contributed by atoms with Crippen LogP contribution in [0.4, 0.5) is 0 Å². The number of rotatable bonds is 8. The molecule has 0 saturated carbocycles. The average molecular weight is 279 g/mol. The minimum absolute atomic E-state index is 0.0361. The molecule has 0 radical (unpaired) electrons. The number of likely N-dealkylation sites (N-methyl/N-ethyl adjacent to an activating group) is 2. The summed E-state index contributed by atoms with van der Waals surface area (Å²) in [7, 11) is 3.61. The zero-order chi connectivity index (χ0) is 15.0. The van der Waals surface area contributed by atoms with E-state index in [0.717, 1.165) is 6.54 Å². The lowest BCUT2D eigenvalue weighted by Crippen LogP contribution is -2.33. The van der Waals surface area contributed by atoms with Crippen molar-refractivity contribution in [1.29, 1.82) is 0 Å². The number of ether oxygens (including phenoxy) is 1. The van der Waals surface area contributed by atoms with E-state index < -0.39 is 5.91 Å². The van der Waals surface area contributed by atoms with Gasteiger partial charge in [-0.2, -0.15) is 0 Å². The van der Waals surface area contributed by atoms with Crippen molar-refractivity contribution in [2.45, 2.75) is 6.42 Å². The Labute approximate surface area is 118 Å². The lowest BCUT2D eigenvalue weighted by molar-refractivity contribution is -0.130. The highest BCUT2D eigenvalue weighted by Crippen LogP contribution is 2.12. The molecule has 0 aliphatic carbocycles. The van der Waals surface area contributed by atoms with Gasteiger partial charge in [0, 0.05) is 25.7 Å². The van der Waals surface area contributed by atoms with Crippen molar-refractivity contribution in [2.24, 2.45) is 5.73 Å². The van der Waals surface area contributed by atoms with Crippen LogP contribution in [-0.4, -0.2) is 50.5 Å². The summed E-state index contributed by atoms with van der Waals surface area (Å²) in [5, 5.41) is 2.99. The third-order valence-electron chi connectivity index (χ3n) is 2.85. The van der Waals surface area contributed by atoms with Crippen LogP contribution in [0.15, 0.2) is 24.3 Å². The van der Waals surface area contributed by atoms with Crippen LogP contribution in [0.1, 0.15) is 16.8 Å². The number of hydrogen-bond donors (Lipinski definition) is 2. The van der Waals surface area contributed by atoms with Crippen molar-refractivity contribution in [3.8, 4) is 5.75 Å². The van der Waals surface area contributed by atoms with Gasteiger partial charge in [-0.3, -0.25) is 9.59 Å². The molecule has 0 saturated heterocycles. The Bertz CT molecular complexity index is 445. The van der Waals surface area contributed by atoms with Crippen LogP contribution in [0.25, 0.3) is 0 Å². The third-order valence-corrected chi connectivity index (χ3v) is 2.85. The van der Waals surface area contributed by atoms with Gasteiger partial charge in [0.15, 0.2) is 0 Å². The molecule has 0 spiro atoms. The van der Waals surface area contributed by atoms with Gasteiger partial charge in [-0.15, -0.1) is 0 Å². The fraction of sp³-hybridized carbons (Fsp3) is 0.429. The minimum atomic E-state index is -0.474. The molecule has 0 bridgehead atoms. The molecular formula is C14H21N3O3. The maximum Gasteiger partial charge on any atom is 0.248 e. The van der Waals surface area contributed by atoms with E-state index in [1.54, 1.807) is 36.2 Å². The smallest absolute Gasteiger partial charge is 0.248 e. The van der Waals surface area contributed by atoms with Crippen LogP contribution in [0, 0.1) is 0 Å². The molecule has 1 rings (SSSR count). The van der Waals surface area contributed by atoms with E-state index in [-0.39, 0.29) is 5.91 Å². The van der Waals surface area contributed by atoms with Crippen molar-refractivity contribution in [1.82, 2.24) is 10.2 Å². The summed E-state index contributed by atoms with van der Waals surface area (Å²) in [5.74, 6) is 0.174. The second-order valence-electron chi connectivity index (χ2n) is 4.41. The Morgan fingerprint density at radius 1 is 1.30 bits per heavy atom. The number of nitrogens with zero attached hydrogens (tertiary/aromatic N) is 1. The number of hydrogen-bond acceptors (Lipinski definition) is 4. The van der Waals surface area contributed by atoms with Gasteiger partial charge in [-0.25, -0.2) is 0 Å². The predicted molar refractivity (Wildman–Crippen MR) is 76.6 cm³/mol. The van der Waals surface area contributed by atoms with Gasteiger partial charge in [0.1, 0.15) is 5.75 Å². The Hall–Kier alpha value is -2.08. The van der Waals surface area contributed by atoms with Crippen molar-refractivity contribution < 1.29 is 14.3 Å². The van der Waals surface area contributed by atoms with Crippen LogP contribution < -0.4 is 15.8 Å². The highest BCUT2D eigenvalue weighted by molar-refractivity contribution is 5.92. The first-order valence-corrected chi connectivity index (χ1v) is 6.46. The molecule has 1 aromatic rings. The van der Waals surface area contributed by atoms with Crippen molar-refractivity contribution >= 4 is 11.8 Å². The molecule has 6 heteroatoms. The number of amides is 2. The number of nitrogens with two attached hydrogens (primary N) is 1. The molecule has 0 heterocycles. The lowest BCUT2D eigenvalue weighted by Gasteiger charge is -2.17. The molecule has 0 aliphatic rings. The molecule has 3 N–H and O–H groups in total. The van der Waals surface area contributed by atoms with Crippen LogP contribution >= 0.6 is 0 Å². The molecule has 0 unspecified atom stereocenters. The number of benzene rings is 1. The Balaban J connectivity index is 2.33. The zero-order valence-electron chi connectivity index (χ0n) is 11.9. The molecule has 20 heavy (non-hydrogen) atoms. The fourth-order valence-corrected chi connectivity index (χ4v) is 1.57. The summed E-state index contributed by atoms with van der Waals surface area (Å²) in [5.41, 5.74) is 5.57. The van der Waals surface area contributed by atoms with Gasteiger partial charge in [0.05, 0.1) is 13.0 Å². The summed E-state index contributed by atoms with van der Waals surface area (Å²) in [6, 6.07) is 6.52. The Kier molecular flexibility index (Phi) is 6.52. The van der Waals surface area contributed by atoms with E-state index >= 15 is 0 Å². The number of carbonyl (C=O) groups excluding carboxylic acids is 2.